The lowest BCUT2D eigenvalue weighted by Gasteiger charge is -2.32. The molecule has 1 aromatic heterocycles. The van der Waals surface area contributed by atoms with Crippen molar-refractivity contribution in [2.75, 3.05) is 23.7 Å². The first-order chi connectivity index (χ1) is 15.1. The normalized spacial score (nSPS) is 15.9. The molecule has 4 rings (SSSR count). The fraction of sp³-hybridized carbons (Fsp3) is 0.217. The molecule has 2 aromatic carbocycles. The highest BCUT2D eigenvalue weighted by Crippen LogP contribution is 2.24. The van der Waals surface area contributed by atoms with Crippen LogP contribution in [0.1, 0.15) is 33.6 Å². The quantitative estimate of drug-likeness (QED) is 0.637. The van der Waals surface area contributed by atoms with Crippen LogP contribution in [0.5, 0.6) is 0 Å². The molecular formula is C23H22N4O3S. The predicted octanol–water partition coefficient (Wildman–Crippen LogP) is 3.89. The monoisotopic (exact) mass is 434 g/mol. The Bertz CT molecular complexity index is 1070. The molecule has 0 radical (unpaired) electrons. The van der Waals surface area contributed by atoms with E-state index in [9.17, 15) is 14.4 Å². The summed E-state index contributed by atoms with van der Waals surface area (Å²) in [5.74, 6) is -0.901. The molecule has 0 saturated carbocycles. The number of carbonyl (C=O) groups is 3. The van der Waals surface area contributed by atoms with Crippen molar-refractivity contribution in [2.24, 2.45) is 5.92 Å². The number of carbonyl (C=O) groups excluding carboxylic acids is 3. The van der Waals surface area contributed by atoms with Gasteiger partial charge in [-0.2, -0.15) is 0 Å². The lowest BCUT2D eigenvalue weighted by Crippen LogP contribution is -2.44. The highest BCUT2D eigenvalue weighted by molar-refractivity contribution is 7.13. The Labute approximate surface area is 184 Å². The third-order valence-corrected chi connectivity index (χ3v) is 5.87. The van der Waals surface area contributed by atoms with Crippen molar-refractivity contribution in [2.45, 2.75) is 12.8 Å². The molecule has 1 saturated heterocycles. The average molecular weight is 435 g/mol. The molecule has 0 bridgehead atoms. The Kier molecular flexibility index (Phi) is 6.37. The van der Waals surface area contributed by atoms with Gasteiger partial charge in [-0.05, 0) is 37.1 Å². The van der Waals surface area contributed by atoms with E-state index in [4.69, 9.17) is 0 Å². The smallest absolute Gasteiger partial charge is 0.255 e. The number of aromatic nitrogens is 1. The van der Waals surface area contributed by atoms with Crippen LogP contribution in [0.25, 0.3) is 0 Å². The average Bonchev–Trinajstić information content (AvgIpc) is 3.32. The van der Waals surface area contributed by atoms with Gasteiger partial charge in [-0.3, -0.25) is 14.4 Å². The first-order valence-electron chi connectivity index (χ1n) is 10.1. The first kappa shape index (κ1) is 20.7. The molecule has 1 unspecified atom stereocenters. The number of nitrogens with one attached hydrogen (secondary N) is 2. The number of anilines is 2. The van der Waals surface area contributed by atoms with E-state index in [1.54, 1.807) is 65.0 Å². The van der Waals surface area contributed by atoms with Gasteiger partial charge in [0, 0.05) is 30.2 Å². The zero-order chi connectivity index (χ0) is 21.6. The lowest BCUT2D eigenvalue weighted by atomic mass is 9.96. The number of hydrogen-bond donors (Lipinski definition) is 2. The van der Waals surface area contributed by atoms with Gasteiger partial charge < -0.3 is 15.5 Å². The van der Waals surface area contributed by atoms with Gasteiger partial charge in [-0.25, -0.2) is 4.98 Å². The highest BCUT2D eigenvalue weighted by Gasteiger charge is 2.30. The number of benzene rings is 2. The predicted molar refractivity (Wildman–Crippen MR) is 120 cm³/mol. The summed E-state index contributed by atoms with van der Waals surface area (Å²) in [6.45, 7) is 0.901. The number of likely N-dealkylation sites (tertiary alicyclic amines) is 1. The third kappa shape index (κ3) is 4.97. The van der Waals surface area contributed by atoms with E-state index in [-0.39, 0.29) is 23.6 Å². The van der Waals surface area contributed by atoms with Crippen LogP contribution in [0, 0.1) is 5.92 Å². The van der Waals surface area contributed by atoms with Gasteiger partial charge in [0.25, 0.3) is 11.8 Å². The SMILES string of the molecule is O=C(Nc1ccccc1C(=O)N1CCCC(C(=O)Nc2nccs2)C1)c1ccccc1. The molecule has 2 heterocycles. The molecule has 7 nitrogen and oxygen atoms in total. The standard InChI is InChI=1S/C23H22N4O3S/c28-20(16-7-2-1-3-8-16)25-19-11-5-4-10-18(19)22(30)27-13-6-9-17(15-27)21(29)26-23-24-12-14-31-23/h1-5,7-8,10-12,14,17H,6,9,13,15H2,(H,25,28)(H,24,26,29). The van der Waals surface area contributed by atoms with E-state index in [0.29, 0.717) is 41.5 Å². The molecule has 1 atom stereocenters. The van der Waals surface area contributed by atoms with Crippen LogP contribution in [-0.4, -0.2) is 40.7 Å². The van der Waals surface area contributed by atoms with Gasteiger partial charge in [0.2, 0.25) is 5.91 Å². The largest absolute Gasteiger partial charge is 0.338 e. The lowest BCUT2D eigenvalue weighted by molar-refractivity contribution is -0.121. The molecule has 3 amide bonds. The van der Waals surface area contributed by atoms with E-state index in [1.807, 2.05) is 6.07 Å². The Balaban J connectivity index is 1.46. The molecule has 0 spiro atoms. The van der Waals surface area contributed by atoms with Gasteiger partial charge in [0.15, 0.2) is 5.13 Å². The number of nitrogens with zero attached hydrogens (tertiary/aromatic N) is 2. The van der Waals surface area contributed by atoms with Crippen molar-refractivity contribution in [1.29, 1.82) is 0 Å². The van der Waals surface area contributed by atoms with Gasteiger partial charge in [0.1, 0.15) is 0 Å². The second-order valence-electron chi connectivity index (χ2n) is 7.28. The molecule has 31 heavy (non-hydrogen) atoms. The number of rotatable bonds is 5. The first-order valence-corrected chi connectivity index (χ1v) is 10.9. The fourth-order valence-electron chi connectivity index (χ4n) is 3.60. The van der Waals surface area contributed by atoms with Crippen molar-refractivity contribution >= 4 is 39.9 Å². The van der Waals surface area contributed by atoms with Crippen LogP contribution >= 0.6 is 11.3 Å². The third-order valence-electron chi connectivity index (χ3n) is 5.18. The summed E-state index contributed by atoms with van der Waals surface area (Å²) in [7, 11) is 0. The van der Waals surface area contributed by atoms with E-state index >= 15 is 0 Å². The van der Waals surface area contributed by atoms with Crippen LogP contribution in [0.4, 0.5) is 10.8 Å². The number of amides is 3. The second-order valence-corrected chi connectivity index (χ2v) is 8.18. The van der Waals surface area contributed by atoms with Crippen LogP contribution < -0.4 is 10.6 Å². The molecule has 3 aromatic rings. The van der Waals surface area contributed by atoms with Gasteiger partial charge >= 0.3 is 0 Å². The summed E-state index contributed by atoms with van der Waals surface area (Å²) in [5, 5.41) is 8.01. The zero-order valence-electron chi connectivity index (χ0n) is 16.8. The summed E-state index contributed by atoms with van der Waals surface area (Å²) < 4.78 is 0. The molecule has 158 valence electrons. The molecule has 1 aliphatic rings. The minimum absolute atomic E-state index is 0.127. The zero-order valence-corrected chi connectivity index (χ0v) is 17.6. The molecule has 8 heteroatoms. The second kappa shape index (κ2) is 9.53. The van der Waals surface area contributed by atoms with Crippen LogP contribution in [0.15, 0.2) is 66.2 Å². The van der Waals surface area contributed by atoms with E-state index in [1.165, 1.54) is 11.3 Å². The number of para-hydroxylation sites is 1. The maximum atomic E-state index is 13.3. The van der Waals surface area contributed by atoms with Crippen molar-refractivity contribution in [3.05, 3.63) is 77.3 Å². The Morgan fingerprint density at radius 3 is 2.55 bits per heavy atom. The van der Waals surface area contributed by atoms with Crippen molar-refractivity contribution in [1.82, 2.24) is 9.88 Å². The minimum Gasteiger partial charge on any atom is -0.338 e. The summed E-state index contributed by atoms with van der Waals surface area (Å²) in [6.07, 6.45) is 3.09. The van der Waals surface area contributed by atoms with Crippen molar-refractivity contribution in [3.63, 3.8) is 0 Å². The van der Waals surface area contributed by atoms with Gasteiger partial charge in [-0.1, -0.05) is 30.3 Å². The molecule has 0 aliphatic carbocycles. The van der Waals surface area contributed by atoms with Gasteiger partial charge in [0.05, 0.1) is 17.2 Å². The molecule has 1 aliphatic heterocycles. The maximum Gasteiger partial charge on any atom is 0.255 e. The van der Waals surface area contributed by atoms with Gasteiger partial charge in [-0.15, -0.1) is 11.3 Å². The van der Waals surface area contributed by atoms with E-state index in [0.717, 1.165) is 6.42 Å². The topological polar surface area (TPSA) is 91.4 Å². The van der Waals surface area contributed by atoms with Crippen LogP contribution in [0.2, 0.25) is 0 Å². The molecule has 2 N–H and O–H groups in total. The number of thiazole rings is 1. The van der Waals surface area contributed by atoms with E-state index in [2.05, 4.69) is 15.6 Å². The number of hydrogen-bond acceptors (Lipinski definition) is 5. The highest BCUT2D eigenvalue weighted by atomic mass is 32.1. The Morgan fingerprint density at radius 1 is 1.00 bits per heavy atom. The fourth-order valence-corrected chi connectivity index (χ4v) is 4.13. The van der Waals surface area contributed by atoms with Crippen molar-refractivity contribution < 1.29 is 14.4 Å². The Morgan fingerprint density at radius 2 is 1.77 bits per heavy atom. The summed E-state index contributed by atoms with van der Waals surface area (Å²) in [4.78, 5) is 44.2. The molecule has 1 fully saturated rings. The van der Waals surface area contributed by atoms with Crippen LogP contribution in [-0.2, 0) is 4.79 Å². The summed E-state index contributed by atoms with van der Waals surface area (Å²) in [6, 6.07) is 15.8. The maximum absolute atomic E-state index is 13.3. The molecular weight excluding hydrogens is 412 g/mol. The Hall–Kier alpha value is -3.52. The minimum atomic E-state index is -0.298. The van der Waals surface area contributed by atoms with E-state index < -0.39 is 0 Å². The van der Waals surface area contributed by atoms with Crippen LogP contribution in [0.3, 0.4) is 0 Å². The summed E-state index contributed by atoms with van der Waals surface area (Å²) in [5.41, 5.74) is 1.38. The summed E-state index contributed by atoms with van der Waals surface area (Å²) >= 11 is 1.36. The van der Waals surface area contributed by atoms with Crippen molar-refractivity contribution in [3.8, 4) is 0 Å². The number of piperidine rings is 1.